The summed E-state index contributed by atoms with van der Waals surface area (Å²) in [6.45, 7) is 5.08. The molecule has 1 N–H and O–H groups in total. The Kier molecular flexibility index (Phi) is 5.67. The molecule has 0 aromatic heterocycles. The summed E-state index contributed by atoms with van der Waals surface area (Å²) in [5.74, 6) is 0.920. The van der Waals surface area contributed by atoms with Gasteiger partial charge in [-0.25, -0.2) is 0 Å². The first kappa shape index (κ1) is 20.5. The van der Waals surface area contributed by atoms with Crippen LogP contribution in [0.25, 0.3) is 32.3 Å². The van der Waals surface area contributed by atoms with Crippen molar-refractivity contribution in [1.29, 1.82) is 0 Å². The topological polar surface area (TPSA) is 21.3 Å². The summed E-state index contributed by atoms with van der Waals surface area (Å²) in [5, 5.41) is 11.0. The van der Waals surface area contributed by atoms with Gasteiger partial charge in [0.2, 0.25) is 0 Å². The van der Waals surface area contributed by atoms with E-state index in [-0.39, 0.29) is 0 Å². The Labute approximate surface area is 189 Å². The van der Waals surface area contributed by atoms with E-state index in [9.17, 15) is 0 Å². The number of aryl methyl sites for hydroxylation is 2. The molecule has 0 amide bonds. The summed E-state index contributed by atoms with van der Waals surface area (Å²) >= 11 is 5.77. The Bertz CT molecular complexity index is 1400. The van der Waals surface area contributed by atoms with E-state index in [0.717, 1.165) is 36.1 Å². The van der Waals surface area contributed by atoms with Crippen molar-refractivity contribution in [2.75, 3.05) is 0 Å². The summed E-state index contributed by atoms with van der Waals surface area (Å²) in [4.78, 5) is 0. The summed E-state index contributed by atoms with van der Waals surface area (Å²) in [7, 11) is -1.63. The van der Waals surface area contributed by atoms with Crippen molar-refractivity contribution in [3.63, 3.8) is 0 Å². The molecule has 0 spiro atoms. The van der Waals surface area contributed by atoms with Gasteiger partial charge in [-0.15, -0.1) is 0 Å². The molecule has 0 heterocycles. The van der Waals surface area contributed by atoms with E-state index in [1.165, 1.54) is 38.1 Å². The smallest absolute Gasteiger partial charge is 0.166 e. The number of hydrogen-bond acceptors (Lipinski definition) is 2. The summed E-state index contributed by atoms with van der Waals surface area (Å²) in [6.07, 6.45) is 2.23. The molecular weight excluding hydrogens is 417 g/mol. The van der Waals surface area contributed by atoms with Gasteiger partial charge in [0.25, 0.3) is 0 Å². The average molecular weight is 444 g/mol. The summed E-state index contributed by atoms with van der Waals surface area (Å²) in [6, 6.07) is 26.1. The van der Waals surface area contributed by atoms with Gasteiger partial charge in [-0.1, -0.05) is 74.0 Å². The maximum Gasteiger partial charge on any atom is 0.166 e. The lowest BCUT2D eigenvalue weighted by atomic mass is 9.92. The van der Waals surface area contributed by atoms with Crippen LogP contribution in [0, 0.1) is 6.92 Å². The Morgan fingerprint density at radius 1 is 0.839 bits per heavy atom. The van der Waals surface area contributed by atoms with Gasteiger partial charge in [0.15, 0.2) is 7.07 Å². The second-order valence-corrected chi connectivity index (χ2v) is 10.4. The van der Waals surface area contributed by atoms with Crippen molar-refractivity contribution in [3.05, 3.63) is 89.5 Å². The quantitative estimate of drug-likeness (QED) is 0.208. The van der Waals surface area contributed by atoms with Crippen LogP contribution in [-0.2, 0) is 24.8 Å². The van der Waals surface area contributed by atoms with E-state index in [0.29, 0.717) is 0 Å². The zero-order valence-corrected chi connectivity index (χ0v) is 19.7. The van der Waals surface area contributed by atoms with Crippen molar-refractivity contribution in [2.45, 2.75) is 33.2 Å². The van der Waals surface area contributed by atoms with Crippen LogP contribution in [0.2, 0.25) is 0 Å². The van der Waals surface area contributed by atoms with Gasteiger partial charge in [-0.05, 0) is 75.5 Å². The van der Waals surface area contributed by atoms with E-state index < -0.39 is 7.07 Å². The van der Waals surface area contributed by atoms with Gasteiger partial charge in [0.1, 0.15) is 5.75 Å². The third-order valence-corrected chi connectivity index (χ3v) is 7.58. The Morgan fingerprint density at radius 3 is 2.32 bits per heavy atom. The molecule has 2 nitrogen and oxygen atoms in total. The van der Waals surface area contributed by atoms with Crippen LogP contribution in [0.1, 0.15) is 30.0 Å². The molecular formula is C27H26NOPS. The Morgan fingerprint density at radius 2 is 1.55 bits per heavy atom. The van der Waals surface area contributed by atoms with Crippen LogP contribution >= 0.6 is 7.07 Å². The van der Waals surface area contributed by atoms with Gasteiger partial charge in [-0.3, -0.25) is 5.09 Å². The minimum atomic E-state index is -1.63. The van der Waals surface area contributed by atoms with Gasteiger partial charge >= 0.3 is 0 Å². The van der Waals surface area contributed by atoms with Crippen LogP contribution in [-0.4, -0.2) is 0 Å². The molecule has 5 aromatic rings. The maximum atomic E-state index is 6.43. The minimum absolute atomic E-state index is 0.749. The first-order valence-electron chi connectivity index (χ1n) is 10.9. The fraction of sp³-hybridized carbons (Fsp3) is 0.185. The van der Waals surface area contributed by atoms with Gasteiger partial charge < -0.3 is 4.52 Å². The molecule has 0 bridgehead atoms. The van der Waals surface area contributed by atoms with Gasteiger partial charge in [-0.2, -0.15) is 0 Å². The zero-order chi connectivity index (χ0) is 21.4. The number of hydrogen-bond donors (Lipinski definition) is 1. The monoisotopic (exact) mass is 443 g/mol. The van der Waals surface area contributed by atoms with Crippen molar-refractivity contribution >= 4 is 51.2 Å². The first-order valence-corrected chi connectivity index (χ1v) is 13.4. The molecule has 31 heavy (non-hydrogen) atoms. The zero-order valence-electron chi connectivity index (χ0n) is 17.9. The molecule has 0 fully saturated rings. The third-order valence-electron chi connectivity index (χ3n) is 6.04. The predicted molar refractivity (Wildman–Crippen MR) is 138 cm³/mol. The summed E-state index contributed by atoms with van der Waals surface area (Å²) < 4.78 is 6.43. The molecule has 5 aromatic carbocycles. The molecule has 156 valence electrons. The molecule has 4 heteroatoms. The fourth-order valence-electron chi connectivity index (χ4n) is 4.60. The Balaban J connectivity index is 1.48. The lowest BCUT2D eigenvalue weighted by molar-refractivity contribution is 0.616. The van der Waals surface area contributed by atoms with Crippen LogP contribution < -0.4 is 9.61 Å². The SMILES string of the molecule is CCCc1ccccc1CN[PH](=S)Oc1c(C)cc2ccc3cccc4ccc1c2c34. The fourth-order valence-corrected chi connectivity index (χ4v) is 5.93. The normalized spacial score (nSPS) is 12.7. The average Bonchev–Trinajstić information content (AvgIpc) is 2.79. The molecule has 0 saturated carbocycles. The largest absolute Gasteiger partial charge is 0.455 e. The van der Waals surface area contributed by atoms with Crippen molar-refractivity contribution < 1.29 is 4.52 Å². The van der Waals surface area contributed by atoms with Crippen LogP contribution in [0.4, 0.5) is 0 Å². The molecule has 0 aliphatic heterocycles. The molecule has 0 aliphatic rings. The van der Waals surface area contributed by atoms with Gasteiger partial charge in [0.05, 0.1) is 0 Å². The van der Waals surface area contributed by atoms with E-state index in [2.05, 4.69) is 91.7 Å². The first-order chi connectivity index (χ1) is 15.2. The Hall–Kier alpha value is -2.45. The minimum Gasteiger partial charge on any atom is -0.455 e. The van der Waals surface area contributed by atoms with Crippen LogP contribution in [0.15, 0.2) is 72.8 Å². The second kappa shape index (κ2) is 8.59. The third kappa shape index (κ3) is 3.83. The highest BCUT2D eigenvalue weighted by atomic mass is 32.4. The van der Waals surface area contributed by atoms with E-state index in [1.54, 1.807) is 0 Å². The number of benzene rings is 5. The van der Waals surface area contributed by atoms with E-state index in [4.69, 9.17) is 16.3 Å². The van der Waals surface area contributed by atoms with Crippen LogP contribution in [0.3, 0.4) is 0 Å². The standard InChI is InChI=1S/C27H26NOPS/c1-3-7-19-8-4-5-9-23(19)17-28-30(31)29-27-18(2)16-22-13-12-20-10-6-11-21-14-15-24(27)26(22)25(20)21/h4-6,8-16,30H,3,7,17H2,1-2H3,(H,28,31). The molecule has 5 rings (SSSR count). The van der Waals surface area contributed by atoms with Crippen LogP contribution in [0.5, 0.6) is 5.75 Å². The van der Waals surface area contributed by atoms with Crippen molar-refractivity contribution in [1.82, 2.24) is 5.09 Å². The lowest BCUT2D eigenvalue weighted by Gasteiger charge is -2.18. The summed E-state index contributed by atoms with van der Waals surface area (Å²) in [5.41, 5.74) is 3.83. The second-order valence-electron chi connectivity index (χ2n) is 8.14. The van der Waals surface area contributed by atoms with E-state index >= 15 is 0 Å². The molecule has 1 unspecified atom stereocenters. The highest BCUT2D eigenvalue weighted by Crippen LogP contribution is 2.42. The predicted octanol–water partition coefficient (Wildman–Crippen LogP) is 7.52. The lowest BCUT2D eigenvalue weighted by Crippen LogP contribution is -2.08. The van der Waals surface area contributed by atoms with Crippen molar-refractivity contribution in [3.8, 4) is 5.75 Å². The molecule has 0 saturated heterocycles. The number of nitrogens with one attached hydrogen (secondary N) is 1. The maximum absolute atomic E-state index is 6.43. The molecule has 0 aliphatic carbocycles. The number of rotatable bonds is 7. The molecule has 0 radical (unpaired) electrons. The van der Waals surface area contributed by atoms with Gasteiger partial charge in [0, 0.05) is 17.3 Å². The highest BCUT2D eigenvalue weighted by molar-refractivity contribution is 8.02. The van der Waals surface area contributed by atoms with Crippen molar-refractivity contribution in [2.24, 2.45) is 0 Å². The van der Waals surface area contributed by atoms with E-state index in [1.807, 2.05) is 0 Å². The highest BCUT2D eigenvalue weighted by Gasteiger charge is 2.15. The molecule has 1 atom stereocenters.